The van der Waals surface area contributed by atoms with Gasteiger partial charge in [0.15, 0.2) is 0 Å². The number of phenolic OH excluding ortho intramolecular Hbond substituents is 4. The summed E-state index contributed by atoms with van der Waals surface area (Å²) >= 11 is 0. The number of phenols is 4. The molecule has 0 aromatic heterocycles. The second-order valence-corrected chi connectivity index (χ2v) is 11.1. The van der Waals surface area contributed by atoms with Crippen molar-refractivity contribution in [3.05, 3.63) is 124 Å². The Balaban J connectivity index is 0.000000189. The average molecular weight is 537 g/mol. The van der Waals surface area contributed by atoms with Crippen LogP contribution in [0.3, 0.4) is 0 Å². The summed E-state index contributed by atoms with van der Waals surface area (Å²) in [7, 11) is 0. The Hall–Kier alpha value is -4.18. The van der Waals surface area contributed by atoms with Gasteiger partial charge in [0.2, 0.25) is 0 Å². The van der Waals surface area contributed by atoms with Crippen LogP contribution in [-0.2, 0) is 5.41 Å². The predicted molar refractivity (Wildman–Crippen MR) is 163 cm³/mol. The first kappa shape index (κ1) is 28.8. The van der Waals surface area contributed by atoms with Gasteiger partial charge in [0.1, 0.15) is 23.0 Å². The van der Waals surface area contributed by atoms with Gasteiger partial charge >= 0.3 is 0 Å². The van der Waals surface area contributed by atoms with Crippen molar-refractivity contribution in [2.45, 2.75) is 65.2 Å². The third-order valence-corrected chi connectivity index (χ3v) is 8.02. The minimum absolute atomic E-state index is 0.00910. The summed E-state index contributed by atoms with van der Waals surface area (Å²) in [6.07, 6.45) is 5.98. The van der Waals surface area contributed by atoms with Crippen molar-refractivity contribution >= 4 is 5.57 Å². The van der Waals surface area contributed by atoms with E-state index in [9.17, 15) is 20.4 Å². The molecule has 4 aromatic carbocycles. The minimum atomic E-state index is 0.00910. The van der Waals surface area contributed by atoms with Crippen LogP contribution in [0.15, 0.2) is 90.5 Å². The molecule has 0 bridgehead atoms. The highest BCUT2D eigenvalue weighted by Crippen LogP contribution is 2.46. The fourth-order valence-corrected chi connectivity index (χ4v) is 5.81. The van der Waals surface area contributed by atoms with E-state index < -0.39 is 0 Å². The van der Waals surface area contributed by atoms with Crippen LogP contribution in [0.5, 0.6) is 23.0 Å². The van der Waals surface area contributed by atoms with Gasteiger partial charge in [0, 0.05) is 5.41 Å². The first-order chi connectivity index (χ1) is 19.1. The van der Waals surface area contributed by atoms with Crippen LogP contribution in [0.2, 0.25) is 0 Å². The van der Waals surface area contributed by atoms with Crippen molar-refractivity contribution in [2.24, 2.45) is 0 Å². The van der Waals surface area contributed by atoms with Gasteiger partial charge in [-0.2, -0.15) is 0 Å². The van der Waals surface area contributed by atoms with Gasteiger partial charge in [-0.05, 0) is 116 Å². The Morgan fingerprint density at radius 2 is 0.950 bits per heavy atom. The number of allylic oxidation sites excluding steroid dienone is 1. The number of hydrogen-bond acceptors (Lipinski definition) is 4. The molecule has 1 aliphatic rings. The van der Waals surface area contributed by atoms with Gasteiger partial charge in [-0.1, -0.05) is 73.4 Å². The first-order valence-corrected chi connectivity index (χ1v) is 14.0. The molecule has 208 valence electrons. The first-order valence-electron chi connectivity index (χ1n) is 14.0. The van der Waals surface area contributed by atoms with E-state index in [0.717, 1.165) is 40.7 Å². The molecule has 4 aromatic rings. The van der Waals surface area contributed by atoms with Gasteiger partial charge in [-0.3, -0.25) is 0 Å². The maximum atomic E-state index is 9.84. The molecular formula is C36H40O4. The van der Waals surface area contributed by atoms with Crippen molar-refractivity contribution in [3.8, 4) is 23.0 Å². The third-order valence-electron chi connectivity index (χ3n) is 8.02. The largest absolute Gasteiger partial charge is 0.508 e. The smallest absolute Gasteiger partial charge is 0.118 e. The molecule has 0 spiro atoms. The lowest BCUT2D eigenvalue weighted by Crippen LogP contribution is -2.30. The molecule has 0 aliphatic heterocycles. The van der Waals surface area contributed by atoms with Crippen LogP contribution in [-0.4, -0.2) is 20.4 Å². The van der Waals surface area contributed by atoms with E-state index in [1.165, 1.54) is 36.0 Å². The zero-order chi connectivity index (χ0) is 28.9. The Morgan fingerprint density at radius 3 is 1.30 bits per heavy atom. The second-order valence-electron chi connectivity index (χ2n) is 11.1. The van der Waals surface area contributed by atoms with Crippen molar-refractivity contribution in [1.82, 2.24) is 0 Å². The molecule has 1 fully saturated rings. The molecule has 5 rings (SSSR count). The lowest BCUT2D eigenvalue weighted by atomic mass is 9.65. The lowest BCUT2D eigenvalue weighted by Gasteiger charge is -2.39. The van der Waals surface area contributed by atoms with Gasteiger partial charge in [-0.15, -0.1) is 0 Å². The van der Waals surface area contributed by atoms with E-state index in [4.69, 9.17) is 0 Å². The standard InChI is InChI=1S/C20H24O2.C16H16O2/c1-14-12-16(6-8-18(14)21)20(10-4-3-5-11-20)17-7-9-19(22)15(2)13-17;1-11(2)16(12-3-7-14(17)8-4-12)13-5-9-15(18)10-6-13/h6-9,12-13,21-22H,3-5,10-11H2,1-2H3;3-10,17-18H,1-2H3. The van der Waals surface area contributed by atoms with Crippen molar-refractivity contribution in [3.63, 3.8) is 0 Å². The molecule has 1 aliphatic carbocycles. The number of aromatic hydroxyl groups is 4. The van der Waals surface area contributed by atoms with Crippen LogP contribution in [0.1, 0.15) is 79.3 Å². The van der Waals surface area contributed by atoms with E-state index in [2.05, 4.69) is 38.1 Å². The normalized spacial score (nSPS) is 14.1. The molecule has 0 atom stereocenters. The topological polar surface area (TPSA) is 80.9 Å². The Bertz CT molecular complexity index is 1370. The van der Waals surface area contributed by atoms with E-state index in [0.29, 0.717) is 11.5 Å². The Kier molecular flexibility index (Phi) is 8.89. The highest BCUT2D eigenvalue weighted by molar-refractivity contribution is 5.82. The zero-order valence-corrected chi connectivity index (χ0v) is 23.9. The third kappa shape index (κ3) is 6.34. The van der Waals surface area contributed by atoms with E-state index >= 15 is 0 Å². The van der Waals surface area contributed by atoms with Crippen LogP contribution < -0.4 is 0 Å². The highest BCUT2D eigenvalue weighted by Gasteiger charge is 2.36. The summed E-state index contributed by atoms with van der Waals surface area (Å²) in [5.74, 6) is 1.24. The summed E-state index contributed by atoms with van der Waals surface area (Å²) in [5.41, 5.74) is 8.85. The molecule has 4 heteroatoms. The molecule has 0 heterocycles. The lowest BCUT2D eigenvalue weighted by molar-refractivity contribution is 0.344. The molecule has 0 unspecified atom stereocenters. The molecule has 0 saturated heterocycles. The molecule has 0 radical (unpaired) electrons. The number of aryl methyl sites for hydroxylation is 2. The molecule has 0 amide bonds. The Morgan fingerprint density at radius 1 is 0.550 bits per heavy atom. The predicted octanol–water partition coefficient (Wildman–Crippen LogP) is 8.90. The molecule has 4 N–H and O–H groups in total. The zero-order valence-electron chi connectivity index (χ0n) is 23.9. The fraction of sp³-hybridized carbons (Fsp3) is 0.278. The summed E-state index contributed by atoms with van der Waals surface area (Å²) < 4.78 is 0. The van der Waals surface area contributed by atoms with Gasteiger partial charge in [-0.25, -0.2) is 0 Å². The van der Waals surface area contributed by atoms with Gasteiger partial charge in [0.05, 0.1) is 0 Å². The second kappa shape index (κ2) is 12.3. The number of rotatable bonds is 4. The van der Waals surface area contributed by atoms with Crippen LogP contribution >= 0.6 is 0 Å². The molecule has 1 saturated carbocycles. The number of benzene rings is 4. The summed E-state index contributed by atoms with van der Waals surface area (Å²) in [5, 5.41) is 38.4. The van der Waals surface area contributed by atoms with Gasteiger partial charge < -0.3 is 20.4 Å². The molecule has 40 heavy (non-hydrogen) atoms. The SMILES string of the molecule is CC(C)=C(c1ccc(O)cc1)c1ccc(O)cc1.Cc1cc(C2(c3ccc(O)c(C)c3)CCCCC2)ccc1O. The summed E-state index contributed by atoms with van der Waals surface area (Å²) in [6, 6.07) is 26.3. The summed E-state index contributed by atoms with van der Waals surface area (Å²) in [6.45, 7) is 8.01. The molecular weight excluding hydrogens is 496 g/mol. The van der Waals surface area contributed by atoms with E-state index in [-0.39, 0.29) is 16.9 Å². The van der Waals surface area contributed by atoms with Crippen LogP contribution in [0, 0.1) is 13.8 Å². The fourth-order valence-electron chi connectivity index (χ4n) is 5.81. The summed E-state index contributed by atoms with van der Waals surface area (Å²) in [4.78, 5) is 0. The number of hydrogen-bond donors (Lipinski definition) is 4. The van der Waals surface area contributed by atoms with Crippen molar-refractivity contribution in [1.29, 1.82) is 0 Å². The minimum Gasteiger partial charge on any atom is -0.508 e. The van der Waals surface area contributed by atoms with Crippen LogP contribution in [0.25, 0.3) is 5.57 Å². The molecule has 4 nitrogen and oxygen atoms in total. The Labute approximate surface area is 237 Å². The van der Waals surface area contributed by atoms with Gasteiger partial charge in [0.25, 0.3) is 0 Å². The maximum absolute atomic E-state index is 9.84. The average Bonchev–Trinajstić information content (AvgIpc) is 2.94. The van der Waals surface area contributed by atoms with E-state index in [1.54, 1.807) is 24.3 Å². The van der Waals surface area contributed by atoms with Crippen molar-refractivity contribution < 1.29 is 20.4 Å². The maximum Gasteiger partial charge on any atom is 0.118 e. The van der Waals surface area contributed by atoms with E-state index in [1.807, 2.05) is 50.2 Å². The highest BCUT2D eigenvalue weighted by atomic mass is 16.3. The monoisotopic (exact) mass is 536 g/mol. The quantitative estimate of drug-likeness (QED) is 0.210. The van der Waals surface area contributed by atoms with Crippen molar-refractivity contribution in [2.75, 3.05) is 0 Å². The van der Waals surface area contributed by atoms with Crippen LogP contribution in [0.4, 0.5) is 0 Å².